The number of nitrogens with one attached hydrogen (secondary N) is 1. The second-order valence-electron chi connectivity index (χ2n) is 8.08. The second-order valence-corrected chi connectivity index (χ2v) is 8.08. The maximum Gasteiger partial charge on any atom is 0.244 e. The van der Waals surface area contributed by atoms with Crippen molar-refractivity contribution in [1.82, 2.24) is 4.57 Å². The standard InChI is InChI=1S/C21H24N2O3/c1-2-12-3-5-13(6-4-12)22-16(24)11-23-19(25)17-14-7-8-15(18(17)20(23)26)21(14)9-10-21/h3-6,14-15,25-26H,2,7-11H2,1H3,(H,22,24). The topological polar surface area (TPSA) is 74.5 Å². The summed E-state index contributed by atoms with van der Waals surface area (Å²) in [5, 5.41) is 24.3. The third-order valence-corrected chi connectivity index (χ3v) is 6.89. The summed E-state index contributed by atoms with van der Waals surface area (Å²) in [6.45, 7) is 2.01. The molecule has 1 aromatic heterocycles. The highest BCUT2D eigenvalue weighted by atomic mass is 16.3. The van der Waals surface area contributed by atoms with Gasteiger partial charge in [0.25, 0.3) is 0 Å². The Morgan fingerprint density at radius 1 is 1.12 bits per heavy atom. The summed E-state index contributed by atoms with van der Waals surface area (Å²) < 4.78 is 1.38. The van der Waals surface area contributed by atoms with Crippen LogP contribution in [0.1, 0.15) is 61.1 Å². The zero-order chi connectivity index (χ0) is 18.1. The summed E-state index contributed by atoms with van der Waals surface area (Å²) >= 11 is 0. The lowest BCUT2D eigenvalue weighted by atomic mass is 9.91. The minimum absolute atomic E-state index is 0.0768. The summed E-state index contributed by atoms with van der Waals surface area (Å²) in [5.74, 6) is 0.653. The predicted molar refractivity (Wildman–Crippen MR) is 98.6 cm³/mol. The normalized spacial score (nSPS) is 24.0. The Hall–Kier alpha value is -2.43. The van der Waals surface area contributed by atoms with Crippen LogP contribution >= 0.6 is 0 Å². The summed E-state index contributed by atoms with van der Waals surface area (Å²) in [5.41, 5.74) is 4.07. The molecule has 2 bridgehead atoms. The van der Waals surface area contributed by atoms with Gasteiger partial charge in [0.15, 0.2) is 11.8 Å². The minimum atomic E-state index is -0.248. The van der Waals surface area contributed by atoms with Crippen LogP contribution in [0.5, 0.6) is 11.8 Å². The van der Waals surface area contributed by atoms with Crippen LogP contribution in [0.3, 0.4) is 0 Å². The number of aromatic nitrogens is 1. The Bertz CT molecular complexity index is 855. The molecule has 2 fully saturated rings. The zero-order valence-electron chi connectivity index (χ0n) is 15.0. The molecule has 2 saturated carbocycles. The molecule has 0 aliphatic heterocycles. The molecule has 1 aromatic carbocycles. The van der Waals surface area contributed by atoms with Crippen molar-refractivity contribution in [2.24, 2.45) is 5.41 Å². The highest BCUT2D eigenvalue weighted by Gasteiger charge is 2.66. The highest BCUT2D eigenvalue weighted by Crippen LogP contribution is 2.78. The number of carbonyl (C=O) groups is 1. The van der Waals surface area contributed by atoms with Gasteiger partial charge < -0.3 is 15.5 Å². The van der Waals surface area contributed by atoms with E-state index in [0.717, 1.165) is 36.1 Å². The zero-order valence-corrected chi connectivity index (χ0v) is 15.0. The molecule has 3 N–H and O–H groups in total. The molecule has 5 rings (SSSR count). The molecule has 1 spiro atoms. The number of anilines is 1. The number of carbonyl (C=O) groups excluding carboxylic acids is 1. The lowest BCUT2D eigenvalue weighted by Gasteiger charge is -2.16. The number of amides is 1. The molecular formula is C21H24N2O3. The first-order chi connectivity index (χ1) is 12.5. The van der Waals surface area contributed by atoms with Gasteiger partial charge in [-0.25, -0.2) is 0 Å². The average Bonchev–Trinajstić information content (AvgIpc) is 3.25. The molecule has 5 nitrogen and oxygen atoms in total. The van der Waals surface area contributed by atoms with Crippen molar-refractivity contribution in [1.29, 1.82) is 0 Å². The van der Waals surface area contributed by atoms with E-state index in [4.69, 9.17) is 0 Å². The molecule has 2 unspecified atom stereocenters. The molecule has 2 aromatic rings. The van der Waals surface area contributed by atoms with E-state index in [0.29, 0.717) is 17.3 Å². The van der Waals surface area contributed by atoms with Gasteiger partial charge in [-0.1, -0.05) is 19.1 Å². The Morgan fingerprint density at radius 2 is 1.69 bits per heavy atom. The van der Waals surface area contributed by atoms with E-state index in [9.17, 15) is 15.0 Å². The largest absolute Gasteiger partial charge is 0.494 e. The van der Waals surface area contributed by atoms with Crippen LogP contribution in [-0.4, -0.2) is 20.7 Å². The van der Waals surface area contributed by atoms with Gasteiger partial charge >= 0.3 is 0 Å². The van der Waals surface area contributed by atoms with Crippen molar-refractivity contribution in [3.05, 3.63) is 41.0 Å². The fraction of sp³-hybridized carbons (Fsp3) is 0.476. The van der Waals surface area contributed by atoms with Crippen molar-refractivity contribution in [3.8, 4) is 11.8 Å². The number of aryl methyl sites for hydroxylation is 1. The van der Waals surface area contributed by atoms with Crippen LogP contribution in [-0.2, 0) is 17.8 Å². The van der Waals surface area contributed by atoms with E-state index >= 15 is 0 Å². The summed E-state index contributed by atoms with van der Waals surface area (Å²) in [6.07, 6.45) is 5.53. The van der Waals surface area contributed by atoms with Crippen LogP contribution in [0.15, 0.2) is 24.3 Å². The minimum Gasteiger partial charge on any atom is -0.494 e. The number of nitrogens with zero attached hydrogens (tertiary/aromatic N) is 1. The van der Waals surface area contributed by atoms with Gasteiger partial charge in [0.2, 0.25) is 5.91 Å². The summed E-state index contributed by atoms with van der Waals surface area (Å²) in [6, 6.07) is 7.73. The first-order valence-electron chi connectivity index (χ1n) is 9.58. The molecule has 5 heteroatoms. The maximum atomic E-state index is 12.4. The fourth-order valence-electron chi connectivity index (χ4n) is 5.49. The molecule has 2 atom stereocenters. The van der Waals surface area contributed by atoms with E-state index < -0.39 is 0 Å². The van der Waals surface area contributed by atoms with Gasteiger partial charge in [0.1, 0.15) is 6.54 Å². The van der Waals surface area contributed by atoms with Crippen LogP contribution < -0.4 is 5.32 Å². The van der Waals surface area contributed by atoms with E-state index in [2.05, 4.69) is 12.2 Å². The molecule has 1 heterocycles. The third kappa shape index (κ3) is 2.00. The molecule has 136 valence electrons. The Morgan fingerprint density at radius 3 is 2.19 bits per heavy atom. The van der Waals surface area contributed by atoms with Gasteiger partial charge in [-0.3, -0.25) is 9.36 Å². The lowest BCUT2D eigenvalue weighted by molar-refractivity contribution is -0.116. The van der Waals surface area contributed by atoms with Crippen LogP contribution in [0.4, 0.5) is 5.69 Å². The molecule has 0 saturated heterocycles. The maximum absolute atomic E-state index is 12.4. The molecule has 3 aliphatic rings. The molecular weight excluding hydrogens is 328 g/mol. The van der Waals surface area contributed by atoms with Gasteiger partial charge in [-0.05, 0) is 67.1 Å². The van der Waals surface area contributed by atoms with Gasteiger partial charge in [0, 0.05) is 16.8 Å². The number of aromatic hydroxyl groups is 2. The Kier molecular flexibility index (Phi) is 3.21. The van der Waals surface area contributed by atoms with Crippen LogP contribution in [0.2, 0.25) is 0 Å². The smallest absolute Gasteiger partial charge is 0.244 e. The van der Waals surface area contributed by atoms with Crippen LogP contribution in [0.25, 0.3) is 0 Å². The first-order valence-corrected chi connectivity index (χ1v) is 9.58. The number of hydrogen-bond acceptors (Lipinski definition) is 3. The second kappa shape index (κ2) is 5.29. The number of hydrogen-bond donors (Lipinski definition) is 3. The van der Waals surface area contributed by atoms with E-state index in [1.165, 1.54) is 23.0 Å². The Balaban J connectivity index is 1.38. The third-order valence-electron chi connectivity index (χ3n) is 6.89. The number of fused-ring (bicyclic) bond motifs is 3. The van der Waals surface area contributed by atoms with E-state index in [-0.39, 0.29) is 24.2 Å². The molecule has 1 amide bonds. The SMILES string of the molecule is CCc1ccc(NC(=O)Cn2c(O)c3c(c2O)C2CCC3C23CC3)cc1. The quantitative estimate of drug-likeness (QED) is 0.782. The number of benzene rings is 1. The van der Waals surface area contributed by atoms with E-state index in [1.807, 2.05) is 24.3 Å². The first kappa shape index (κ1) is 15.8. The fourth-order valence-corrected chi connectivity index (χ4v) is 5.49. The van der Waals surface area contributed by atoms with E-state index in [1.54, 1.807) is 0 Å². The van der Waals surface area contributed by atoms with Crippen molar-refractivity contribution < 1.29 is 15.0 Å². The molecule has 3 aliphatic carbocycles. The van der Waals surface area contributed by atoms with Crippen molar-refractivity contribution in [2.45, 2.75) is 57.4 Å². The van der Waals surface area contributed by atoms with Crippen LogP contribution in [0, 0.1) is 5.41 Å². The number of rotatable bonds is 4. The summed E-state index contributed by atoms with van der Waals surface area (Å²) in [4.78, 5) is 12.4. The van der Waals surface area contributed by atoms with Gasteiger partial charge in [-0.15, -0.1) is 0 Å². The highest BCUT2D eigenvalue weighted by molar-refractivity contribution is 5.91. The Labute approximate surface area is 152 Å². The lowest BCUT2D eigenvalue weighted by Crippen LogP contribution is -2.19. The monoisotopic (exact) mass is 352 g/mol. The predicted octanol–water partition coefficient (Wildman–Crippen LogP) is 3.86. The summed E-state index contributed by atoms with van der Waals surface area (Å²) in [7, 11) is 0. The van der Waals surface area contributed by atoms with Crippen molar-refractivity contribution >= 4 is 11.6 Å². The average molecular weight is 352 g/mol. The molecule has 0 radical (unpaired) electrons. The van der Waals surface area contributed by atoms with Gasteiger partial charge in [0.05, 0.1) is 0 Å². The molecule has 26 heavy (non-hydrogen) atoms. The van der Waals surface area contributed by atoms with Crippen molar-refractivity contribution in [2.75, 3.05) is 5.32 Å². The van der Waals surface area contributed by atoms with Crippen molar-refractivity contribution in [3.63, 3.8) is 0 Å². The van der Waals surface area contributed by atoms with Gasteiger partial charge in [-0.2, -0.15) is 0 Å².